The number of methoxy groups -OCH3 is 1. The van der Waals surface area contributed by atoms with Crippen molar-refractivity contribution in [2.45, 2.75) is 32.8 Å². The first kappa shape index (κ1) is 24.5. The number of ether oxygens (including phenoxy) is 2. The Morgan fingerprint density at radius 1 is 1.18 bits per heavy atom. The summed E-state index contributed by atoms with van der Waals surface area (Å²) in [4.78, 5) is 18.4. The zero-order valence-corrected chi connectivity index (χ0v) is 19.2. The number of guanidine groups is 1. The van der Waals surface area contributed by atoms with Crippen LogP contribution in [-0.4, -0.2) is 63.2 Å². The Morgan fingerprint density at radius 2 is 1.89 bits per heavy atom. The monoisotopic (exact) mass is 504 g/mol. The third-order valence-corrected chi connectivity index (χ3v) is 4.36. The molecule has 2 N–H and O–H groups in total. The van der Waals surface area contributed by atoms with Crippen LogP contribution < -0.4 is 15.4 Å². The normalized spacial score (nSPS) is 13.8. The third-order valence-electron chi connectivity index (χ3n) is 4.36. The molecule has 28 heavy (non-hydrogen) atoms. The van der Waals surface area contributed by atoms with Crippen molar-refractivity contribution in [2.75, 3.05) is 46.4 Å². The highest BCUT2D eigenvalue weighted by molar-refractivity contribution is 14.0. The predicted molar refractivity (Wildman–Crippen MR) is 122 cm³/mol. The summed E-state index contributed by atoms with van der Waals surface area (Å²) in [5.41, 5.74) is 1.12. The Bertz CT molecular complexity index is 590. The van der Waals surface area contributed by atoms with Crippen LogP contribution in [0.15, 0.2) is 29.3 Å². The molecule has 0 radical (unpaired) electrons. The number of aliphatic imine (C=N–C) groups is 1. The quantitative estimate of drug-likeness (QED) is 0.222. The molecule has 1 amide bonds. The van der Waals surface area contributed by atoms with Crippen molar-refractivity contribution in [3.8, 4) is 5.75 Å². The van der Waals surface area contributed by atoms with E-state index >= 15 is 0 Å². The van der Waals surface area contributed by atoms with Gasteiger partial charge < -0.3 is 25.0 Å². The standard InChI is InChI=1S/C20H32N4O3.HI/c1-3-21-20(23-15-19(25)24-12-4-5-13-24)22-11-6-14-27-16-17-7-9-18(26-2)10-8-17;/h7-10H,3-6,11-16H2,1-2H3,(H2,21,22,23);1H. The Hall–Kier alpha value is -1.55. The molecule has 158 valence electrons. The summed E-state index contributed by atoms with van der Waals surface area (Å²) >= 11 is 0. The number of carbonyl (C=O) groups is 1. The number of hydrogen-bond acceptors (Lipinski definition) is 4. The first-order chi connectivity index (χ1) is 13.2. The van der Waals surface area contributed by atoms with E-state index in [1.54, 1.807) is 7.11 Å². The molecule has 1 aliphatic heterocycles. The number of halogens is 1. The van der Waals surface area contributed by atoms with Gasteiger partial charge in [0.25, 0.3) is 0 Å². The fourth-order valence-electron chi connectivity index (χ4n) is 2.85. The predicted octanol–water partition coefficient (Wildman–Crippen LogP) is 2.40. The summed E-state index contributed by atoms with van der Waals surface area (Å²) in [6, 6.07) is 7.88. The molecule has 0 spiro atoms. The van der Waals surface area contributed by atoms with E-state index in [4.69, 9.17) is 9.47 Å². The second-order valence-corrected chi connectivity index (χ2v) is 6.46. The van der Waals surface area contributed by atoms with E-state index < -0.39 is 0 Å². The van der Waals surface area contributed by atoms with Crippen LogP contribution in [0, 0.1) is 0 Å². The molecule has 0 bridgehead atoms. The number of carbonyl (C=O) groups excluding carboxylic acids is 1. The summed E-state index contributed by atoms with van der Waals surface area (Å²) in [7, 11) is 1.66. The lowest BCUT2D eigenvalue weighted by molar-refractivity contribution is -0.128. The van der Waals surface area contributed by atoms with Crippen LogP contribution in [0.25, 0.3) is 0 Å². The number of likely N-dealkylation sites (tertiary alicyclic amines) is 1. The molecule has 1 heterocycles. The first-order valence-corrected chi connectivity index (χ1v) is 9.73. The maximum absolute atomic E-state index is 12.1. The Kier molecular flexibility index (Phi) is 12.6. The second-order valence-electron chi connectivity index (χ2n) is 6.46. The van der Waals surface area contributed by atoms with E-state index in [1.807, 2.05) is 36.1 Å². The molecule has 0 aliphatic carbocycles. The van der Waals surface area contributed by atoms with Gasteiger partial charge in [0, 0.05) is 32.8 Å². The zero-order valence-electron chi connectivity index (χ0n) is 16.9. The van der Waals surface area contributed by atoms with Gasteiger partial charge in [0.1, 0.15) is 12.3 Å². The second kappa shape index (κ2) is 14.4. The fourth-order valence-corrected chi connectivity index (χ4v) is 2.85. The van der Waals surface area contributed by atoms with E-state index in [1.165, 1.54) is 0 Å². The molecular weight excluding hydrogens is 471 g/mol. The largest absolute Gasteiger partial charge is 0.497 e. The average Bonchev–Trinajstić information content (AvgIpc) is 3.23. The van der Waals surface area contributed by atoms with Crippen molar-refractivity contribution in [1.82, 2.24) is 15.5 Å². The van der Waals surface area contributed by atoms with E-state index in [-0.39, 0.29) is 36.4 Å². The van der Waals surface area contributed by atoms with Crippen LogP contribution in [0.4, 0.5) is 0 Å². The molecule has 7 nitrogen and oxygen atoms in total. The number of amides is 1. The maximum Gasteiger partial charge on any atom is 0.244 e. The fraction of sp³-hybridized carbons (Fsp3) is 0.600. The van der Waals surface area contributed by atoms with Crippen LogP contribution in [-0.2, 0) is 16.1 Å². The smallest absolute Gasteiger partial charge is 0.244 e. The van der Waals surface area contributed by atoms with Gasteiger partial charge in [-0.2, -0.15) is 0 Å². The van der Waals surface area contributed by atoms with Gasteiger partial charge in [0.15, 0.2) is 5.96 Å². The van der Waals surface area contributed by atoms with Crippen LogP contribution in [0.5, 0.6) is 5.75 Å². The highest BCUT2D eigenvalue weighted by Gasteiger charge is 2.17. The van der Waals surface area contributed by atoms with Crippen LogP contribution in [0.2, 0.25) is 0 Å². The van der Waals surface area contributed by atoms with Gasteiger partial charge in [0.05, 0.1) is 13.7 Å². The van der Waals surface area contributed by atoms with Gasteiger partial charge in [-0.05, 0) is 43.9 Å². The number of nitrogens with zero attached hydrogens (tertiary/aromatic N) is 2. The first-order valence-electron chi connectivity index (χ1n) is 9.73. The lowest BCUT2D eigenvalue weighted by Crippen LogP contribution is -2.39. The van der Waals surface area contributed by atoms with E-state index in [9.17, 15) is 4.79 Å². The SMILES string of the molecule is CCNC(=NCC(=O)N1CCCC1)NCCCOCc1ccc(OC)cc1.I. The van der Waals surface area contributed by atoms with Gasteiger partial charge >= 0.3 is 0 Å². The zero-order chi connectivity index (χ0) is 19.3. The molecule has 0 aromatic heterocycles. The number of rotatable bonds is 10. The minimum absolute atomic E-state index is 0. The molecule has 1 aromatic carbocycles. The molecule has 1 saturated heterocycles. The summed E-state index contributed by atoms with van der Waals surface area (Å²) < 4.78 is 10.8. The molecule has 8 heteroatoms. The third kappa shape index (κ3) is 9.09. The molecule has 2 rings (SSSR count). The van der Waals surface area contributed by atoms with Gasteiger partial charge in [0.2, 0.25) is 5.91 Å². The van der Waals surface area contributed by atoms with Crippen LogP contribution >= 0.6 is 24.0 Å². The van der Waals surface area contributed by atoms with Crippen LogP contribution in [0.3, 0.4) is 0 Å². The summed E-state index contributed by atoms with van der Waals surface area (Å²) in [5.74, 6) is 1.63. The van der Waals surface area contributed by atoms with Crippen LogP contribution in [0.1, 0.15) is 31.7 Å². The average molecular weight is 504 g/mol. The lowest BCUT2D eigenvalue weighted by atomic mass is 10.2. The van der Waals surface area contributed by atoms with Crippen molar-refractivity contribution in [3.63, 3.8) is 0 Å². The van der Waals surface area contributed by atoms with Gasteiger partial charge in [-0.25, -0.2) is 4.99 Å². The minimum Gasteiger partial charge on any atom is -0.497 e. The Morgan fingerprint density at radius 3 is 2.54 bits per heavy atom. The molecule has 0 atom stereocenters. The molecule has 1 aliphatic rings. The van der Waals surface area contributed by atoms with Crippen molar-refractivity contribution >= 4 is 35.8 Å². The van der Waals surface area contributed by atoms with E-state index in [0.717, 1.165) is 56.8 Å². The van der Waals surface area contributed by atoms with Crippen molar-refractivity contribution in [1.29, 1.82) is 0 Å². The van der Waals surface area contributed by atoms with E-state index in [2.05, 4.69) is 15.6 Å². The van der Waals surface area contributed by atoms with Crippen molar-refractivity contribution in [3.05, 3.63) is 29.8 Å². The maximum atomic E-state index is 12.1. The number of benzene rings is 1. The van der Waals surface area contributed by atoms with Gasteiger partial charge in [-0.15, -0.1) is 24.0 Å². The number of hydrogen-bond donors (Lipinski definition) is 2. The Balaban J connectivity index is 0.00000392. The summed E-state index contributed by atoms with van der Waals surface area (Å²) in [6.45, 7) is 6.69. The summed E-state index contributed by atoms with van der Waals surface area (Å²) in [5, 5.41) is 6.42. The van der Waals surface area contributed by atoms with E-state index in [0.29, 0.717) is 19.2 Å². The molecule has 0 unspecified atom stereocenters. The van der Waals surface area contributed by atoms with Crippen molar-refractivity contribution in [2.24, 2.45) is 4.99 Å². The van der Waals surface area contributed by atoms with Crippen molar-refractivity contribution < 1.29 is 14.3 Å². The number of nitrogens with one attached hydrogen (secondary N) is 2. The van der Waals surface area contributed by atoms with Gasteiger partial charge in [-0.1, -0.05) is 12.1 Å². The molecule has 1 fully saturated rings. The lowest BCUT2D eigenvalue weighted by Gasteiger charge is -2.15. The minimum atomic E-state index is 0. The highest BCUT2D eigenvalue weighted by atomic mass is 127. The Labute approximate surface area is 185 Å². The van der Waals surface area contributed by atoms with Gasteiger partial charge in [-0.3, -0.25) is 4.79 Å². The molecular formula is C20H33IN4O3. The highest BCUT2D eigenvalue weighted by Crippen LogP contribution is 2.12. The molecule has 0 saturated carbocycles. The molecule has 1 aromatic rings. The topological polar surface area (TPSA) is 75.2 Å². The summed E-state index contributed by atoms with van der Waals surface area (Å²) in [6.07, 6.45) is 3.06.